The number of carboxylic acids is 1. The molecule has 0 aliphatic carbocycles. The average molecular weight is 417 g/mol. The van der Waals surface area contributed by atoms with Gasteiger partial charge in [-0.05, 0) is 56.8 Å². The van der Waals surface area contributed by atoms with Gasteiger partial charge in [0.1, 0.15) is 5.75 Å². The number of carboxylic acid groups (broad SMARTS) is 1. The van der Waals surface area contributed by atoms with Crippen molar-refractivity contribution in [1.82, 2.24) is 0 Å². The number of aliphatic carboxylic acids is 1. The number of benzene rings is 1. The van der Waals surface area contributed by atoms with Crippen LogP contribution in [0.3, 0.4) is 0 Å². The van der Waals surface area contributed by atoms with Crippen LogP contribution in [0.15, 0.2) is 13.4 Å². The highest BCUT2D eigenvalue weighted by molar-refractivity contribution is 9.11. The molecule has 0 unspecified atom stereocenters. The minimum absolute atomic E-state index is 0.363. The van der Waals surface area contributed by atoms with Crippen LogP contribution in [-0.2, 0) is 4.79 Å². The Hall–Kier alpha value is -0.0700. The summed E-state index contributed by atoms with van der Waals surface area (Å²) in [5, 5.41) is 8.58. The maximum atomic E-state index is 10.5. The first-order valence-electron chi connectivity index (χ1n) is 4.34. The largest absolute Gasteiger partial charge is 0.480 e. The smallest absolute Gasteiger partial charge is 0.341 e. The number of rotatable bonds is 3. The third kappa shape index (κ3) is 2.78. The summed E-state index contributed by atoms with van der Waals surface area (Å²) in [5.41, 5.74) is 1.95. The Morgan fingerprint density at radius 1 is 1.12 bits per heavy atom. The van der Waals surface area contributed by atoms with Gasteiger partial charge < -0.3 is 9.84 Å². The van der Waals surface area contributed by atoms with E-state index in [0.29, 0.717) is 5.75 Å². The summed E-state index contributed by atoms with van der Waals surface area (Å²) in [7, 11) is 0. The third-order valence-electron chi connectivity index (χ3n) is 2.06. The van der Waals surface area contributed by atoms with Crippen molar-refractivity contribution in [2.75, 3.05) is 6.61 Å². The number of hydrogen-bond acceptors (Lipinski definition) is 2. The van der Waals surface area contributed by atoms with E-state index in [1.54, 1.807) is 0 Å². The second-order valence-electron chi connectivity index (χ2n) is 3.20. The van der Waals surface area contributed by atoms with Gasteiger partial charge in [-0.2, -0.15) is 0 Å². The molecule has 0 aromatic heterocycles. The van der Waals surface area contributed by atoms with Gasteiger partial charge in [-0.15, -0.1) is 0 Å². The number of ether oxygens (including phenoxy) is 1. The molecule has 0 aliphatic heterocycles. The maximum Gasteiger partial charge on any atom is 0.341 e. The van der Waals surface area contributed by atoms with E-state index in [9.17, 15) is 4.79 Å². The molecule has 0 saturated carbocycles. The molecular formula is C10H9Br3O3. The van der Waals surface area contributed by atoms with Crippen molar-refractivity contribution in [3.63, 3.8) is 0 Å². The number of hydrogen-bond donors (Lipinski definition) is 1. The van der Waals surface area contributed by atoms with E-state index in [1.165, 1.54) is 0 Å². The van der Waals surface area contributed by atoms with Crippen LogP contribution in [0.4, 0.5) is 0 Å². The molecular weight excluding hydrogens is 408 g/mol. The molecule has 1 aromatic carbocycles. The molecule has 3 nitrogen and oxygen atoms in total. The minimum atomic E-state index is -1.00. The van der Waals surface area contributed by atoms with Crippen molar-refractivity contribution in [2.45, 2.75) is 13.8 Å². The molecule has 0 amide bonds. The van der Waals surface area contributed by atoms with Crippen LogP contribution in [0.5, 0.6) is 5.75 Å². The van der Waals surface area contributed by atoms with Crippen molar-refractivity contribution in [3.05, 3.63) is 24.5 Å². The standard InChI is InChI=1S/C10H9Br3O3/c1-4-7(11)5(2)9(13)10(8(4)12)16-3-6(14)15/h3H2,1-2H3,(H,14,15). The van der Waals surface area contributed by atoms with E-state index in [-0.39, 0.29) is 6.61 Å². The van der Waals surface area contributed by atoms with Crippen LogP contribution >= 0.6 is 47.8 Å². The van der Waals surface area contributed by atoms with Crippen molar-refractivity contribution < 1.29 is 14.6 Å². The monoisotopic (exact) mass is 414 g/mol. The molecule has 16 heavy (non-hydrogen) atoms. The summed E-state index contributed by atoms with van der Waals surface area (Å²) in [6, 6.07) is 0. The first-order chi connectivity index (χ1) is 7.36. The second-order valence-corrected chi connectivity index (χ2v) is 5.58. The highest BCUT2D eigenvalue weighted by Crippen LogP contribution is 2.42. The van der Waals surface area contributed by atoms with Gasteiger partial charge in [0.2, 0.25) is 0 Å². The Balaban J connectivity index is 3.23. The minimum Gasteiger partial charge on any atom is -0.480 e. The quantitative estimate of drug-likeness (QED) is 0.808. The van der Waals surface area contributed by atoms with Crippen LogP contribution in [0.25, 0.3) is 0 Å². The Morgan fingerprint density at radius 3 is 1.94 bits per heavy atom. The molecule has 6 heteroatoms. The lowest BCUT2D eigenvalue weighted by atomic mass is 10.1. The second kappa shape index (κ2) is 5.51. The fourth-order valence-corrected chi connectivity index (χ4v) is 3.39. The number of carbonyl (C=O) groups is 1. The van der Waals surface area contributed by atoms with Crippen LogP contribution < -0.4 is 4.74 Å². The Morgan fingerprint density at radius 2 is 1.56 bits per heavy atom. The van der Waals surface area contributed by atoms with Crippen molar-refractivity contribution >= 4 is 53.8 Å². The molecule has 1 rings (SSSR count). The summed E-state index contributed by atoms with van der Waals surface area (Å²) >= 11 is 10.2. The molecule has 1 N–H and O–H groups in total. The predicted molar refractivity (Wildman–Crippen MR) is 72.1 cm³/mol. The average Bonchev–Trinajstić information content (AvgIpc) is 2.23. The normalized spacial score (nSPS) is 10.3. The summed E-state index contributed by atoms with van der Waals surface area (Å²) in [4.78, 5) is 10.5. The zero-order valence-electron chi connectivity index (χ0n) is 8.60. The van der Waals surface area contributed by atoms with Gasteiger partial charge >= 0.3 is 5.97 Å². The summed E-state index contributed by atoms with van der Waals surface area (Å²) in [5.74, 6) is -0.488. The van der Waals surface area contributed by atoms with Crippen LogP contribution in [0, 0.1) is 13.8 Å². The van der Waals surface area contributed by atoms with Gasteiger partial charge in [-0.3, -0.25) is 0 Å². The van der Waals surface area contributed by atoms with Gasteiger partial charge in [-0.25, -0.2) is 4.79 Å². The first kappa shape index (κ1) is 14.0. The maximum absolute atomic E-state index is 10.5. The molecule has 0 spiro atoms. The first-order valence-corrected chi connectivity index (χ1v) is 6.72. The molecule has 0 bridgehead atoms. The molecule has 88 valence electrons. The lowest BCUT2D eigenvalue weighted by Gasteiger charge is -2.15. The van der Waals surface area contributed by atoms with E-state index in [2.05, 4.69) is 47.8 Å². The topological polar surface area (TPSA) is 46.5 Å². The summed E-state index contributed by atoms with van der Waals surface area (Å²) in [6.07, 6.45) is 0. The van der Waals surface area contributed by atoms with Crippen molar-refractivity contribution in [1.29, 1.82) is 0 Å². The van der Waals surface area contributed by atoms with E-state index in [4.69, 9.17) is 9.84 Å². The van der Waals surface area contributed by atoms with Crippen LogP contribution in [0.2, 0.25) is 0 Å². The molecule has 0 saturated heterocycles. The van der Waals surface area contributed by atoms with Crippen molar-refractivity contribution in [3.8, 4) is 5.75 Å². The van der Waals surface area contributed by atoms with Gasteiger partial charge in [-0.1, -0.05) is 15.9 Å². The zero-order chi connectivity index (χ0) is 12.5. The summed E-state index contributed by atoms with van der Waals surface area (Å²) in [6.45, 7) is 3.47. The van der Waals surface area contributed by atoms with Gasteiger partial charge in [0, 0.05) is 4.47 Å². The molecule has 0 atom stereocenters. The van der Waals surface area contributed by atoms with Gasteiger partial charge in [0.25, 0.3) is 0 Å². The highest BCUT2D eigenvalue weighted by Gasteiger charge is 2.17. The predicted octanol–water partition coefficient (Wildman–Crippen LogP) is 4.05. The highest BCUT2D eigenvalue weighted by atomic mass is 79.9. The Kier molecular flexibility index (Phi) is 4.82. The fourth-order valence-electron chi connectivity index (χ4n) is 1.17. The van der Waals surface area contributed by atoms with Crippen LogP contribution in [-0.4, -0.2) is 17.7 Å². The Bertz CT molecular complexity index is 414. The number of halogens is 3. The van der Waals surface area contributed by atoms with E-state index >= 15 is 0 Å². The van der Waals surface area contributed by atoms with E-state index < -0.39 is 5.97 Å². The van der Waals surface area contributed by atoms with E-state index in [0.717, 1.165) is 24.5 Å². The lowest BCUT2D eigenvalue weighted by Crippen LogP contribution is -2.10. The lowest BCUT2D eigenvalue weighted by molar-refractivity contribution is -0.139. The molecule has 0 radical (unpaired) electrons. The third-order valence-corrected chi connectivity index (χ3v) is 5.15. The Labute approximate surface area is 119 Å². The van der Waals surface area contributed by atoms with Gasteiger partial charge in [0.05, 0.1) is 8.95 Å². The molecule has 0 heterocycles. The van der Waals surface area contributed by atoms with Gasteiger partial charge in [0.15, 0.2) is 6.61 Å². The van der Waals surface area contributed by atoms with E-state index in [1.807, 2.05) is 13.8 Å². The summed E-state index contributed by atoms with van der Waals surface area (Å²) < 4.78 is 7.69. The van der Waals surface area contributed by atoms with Crippen molar-refractivity contribution in [2.24, 2.45) is 0 Å². The fraction of sp³-hybridized carbons (Fsp3) is 0.300. The van der Waals surface area contributed by atoms with Crippen LogP contribution in [0.1, 0.15) is 11.1 Å². The molecule has 0 fully saturated rings. The SMILES string of the molecule is Cc1c(Br)c(C)c(Br)c(OCC(=O)O)c1Br. The molecule has 1 aromatic rings. The molecule has 0 aliphatic rings. The zero-order valence-corrected chi connectivity index (χ0v) is 13.4.